The monoisotopic (exact) mass is 307 g/mol. The van der Waals surface area contributed by atoms with Gasteiger partial charge in [0.05, 0.1) is 22.9 Å². The maximum Gasteiger partial charge on any atom is 0.314 e. The second-order valence-corrected chi connectivity index (χ2v) is 3.51. The first-order valence-corrected chi connectivity index (χ1v) is 4.40. The molecule has 0 radical (unpaired) electrons. The fraction of sp³-hybridized carbons (Fsp3) is 0. The summed E-state index contributed by atoms with van der Waals surface area (Å²) in [7, 11) is 0. The predicted octanol–water partition coefficient (Wildman–Crippen LogP) is -0.991. The van der Waals surface area contributed by atoms with Crippen LogP contribution in [0.15, 0.2) is 9.59 Å². The molecule has 8 heteroatoms. The summed E-state index contributed by atoms with van der Waals surface area (Å²) >= 11 is 1.49. The molecule has 0 aromatic carbocycles. The number of amides is 2. The zero-order valence-corrected chi connectivity index (χ0v) is 8.62. The smallest absolute Gasteiger partial charge is 0.311 e. The molecule has 1 aliphatic rings. The third-order valence-electron chi connectivity index (χ3n) is 1.72. The van der Waals surface area contributed by atoms with Gasteiger partial charge in [-0.15, -0.1) is 0 Å². The first kappa shape index (κ1) is 9.12. The number of carbonyl (C=O) groups excluding carboxylic acids is 2. The number of rotatable bonds is 0. The van der Waals surface area contributed by atoms with Gasteiger partial charge in [0, 0.05) is 0 Å². The second kappa shape index (κ2) is 2.77. The molecule has 0 spiro atoms. The number of nitrogens with zero attached hydrogens (tertiary/aromatic N) is 1. The van der Waals surface area contributed by atoms with Crippen molar-refractivity contribution in [1.82, 2.24) is 13.1 Å². The Morgan fingerprint density at radius 3 is 1.57 bits per heavy atom. The molecule has 2 rings (SSSR count). The molecule has 0 atom stereocenters. The van der Waals surface area contributed by atoms with E-state index in [0.29, 0.717) is 0 Å². The van der Waals surface area contributed by atoms with Crippen molar-refractivity contribution >= 4 is 34.7 Å². The van der Waals surface area contributed by atoms with E-state index in [1.54, 1.807) is 0 Å². The van der Waals surface area contributed by atoms with Crippen molar-refractivity contribution in [2.24, 2.45) is 0 Å². The summed E-state index contributed by atoms with van der Waals surface area (Å²) in [5, 5.41) is 0. The topological polar surface area (TPSA) is 103 Å². The SMILES string of the molecule is O=C1c2[nH]c(=O)c(=O)[nH]c2C(=O)N1I. The van der Waals surface area contributed by atoms with E-state index in [2.05, 4.69) is 9.97 Å². The van der Waals surface area contributed by atoms with E-state index >= 15 is 0 Å². The summed E-state index contributed by atoms with van der Waals surface area (Å²) in [4.78, 5) is 48.4. The highest BCUT2D eigenvalue weighted by atomic mass is 127. The Bertz CT molecular complexity index is 508. The maximum atomic E-state index is 11.3. The van der Waals surface area contributed by atoms with Crippen LogP contribution in [0.25, 0.3) is 0 Å². The normalized spacial score (nSPS) is 14.8. The van der Waals surface area contributed by atoms with Gasteiger partial charge in [0.1, 0.15) is 11.4 Å². The van der Waals surface area contributed by atoms with Gasteiger partial charge in [-0.1, -0.05) is 0 Å². The molecule has 72 valence electrons. The lowest BCUT2D eigenvalue weighted by atomic mass is 10.3. The Hall–Kier alpha value is -1.45. The van der Waals surface area contributed by atoms with Crippen LogP contribution in [0.5, 0.6) is 0 Å². The number of carbonyl (C=O) groups is 2. The average Bonchev–Trinajstić information content (AvgIpc) is 2.34. The van der Waals surface area contributed by atoms with Gasteiger partial charge >= 0.3 is 11.1 Å². The van der Waals surface area contributed by atoms with Gasteiger partial charge < -0.3 is 9.97 Å². The molecule has 0 saturated heterocycles. The third-order valence-corrected chi connectivity index (χ3v) is 2.59. The molecular weight excluding hydrogens is 305 g/mol. The Morgan fingerprint density at radius 1 is 0.857 bits per heavy atom. The fourth-order valence-corrected chi connectivity index (χ4v) is 1.56. The molecule has 0 fully saturated rings. The van der Waals surface area contributed by atoms with Crippen LogP contribution < -0.4 is 11.1 Å². The summed E-state index contributed by atoms with van der Waals surface area (Å²) < 4.78 is 0.786. The van der Waals surface area contributed by atoms with Gasteiger partial charge in [-0.05, 0) is 0 Å². The first-order valence-electron chi connectivity index (χ1n) is 3.43. The molecule has 0 aliphatic carbocycles. The Labute approximate surface area is 89.6 Å². The molecule has 1 aromatic heterocycles. The van der Waals surface area contributed by atoms with Crippen LogP contribution in [-0.2, 0) is 0 Å². The van der Waals surface area contributed by atoms with E-state index in [1.807, 2.05) is 0 Å². The van der Waals surface area contributed by atoms with Gasteiger partial charge in [-0.25, -0.2) is 3.11 Å². The van der Waals surface area contributed by atoms with Crippen molar-refractivity contribution < 1.29 is 9.59 Å². The number of H-pyrrole nitrogens is 2. The molecular formula is C6H2IN3O4. The summed E-state index contributed by atoms with van der Waals surface area (Å²) in [6, 6.07) is 0. The van der Waals surface area contributed by atoms with Crippen molar-refractivity contribution in [2.75, 3.05) is 0 Å². The third kappa shape index (κ3) is 1.03. The van der Waals surface area contributed by atoms with Crippen LogP contribution in [0, 0.1) is 0 Å². The second-order valence-electron chi connectivity index (χ2n) is 2.55. The molecule has 2 heterocycles. The lowest BCUT2D eigenvalue weighted by Gasteiger charge is -1.97. The van der Waals surface area contributed by atoms with Gasteiger partial charge in [-0.2, -0.15) is 0 Å². The van der Waals surface area contributed by atoms with Gasteiger partial charge in [0.25, 0.3) is 11.8 Å². The minimum atomic E-state index is -0.948. The van der Waals surface area contributed by atoms with E-state index in [0.717, 1.165) is 3.11 Å². The molecule has 2 N–H and O–H groups in total. The Balaban J connectivity index is 2.84. The first-order chi connectivity index (χ1) is 6.52. The molecule has 14 heavy (non-hydrogen) atoms. The number of aromatic amines is 2. The lowest BCUT2D eigenvalue weighted by Crippen LogP contribution is -2.32. The molecule has 2 amide bonds. The zero-order chi connectivity index (χ0) is 10.5. The van der Waals surface area contributed by atoms with E-state index < -0.39 is 22.9 Å². The summed E-state index contributed by atoms with van der Waals surface area (Å²) in [6.07, 6.45) is 0. The van der Waals surface area contributed by atoms with Crippen molar-refractivity contribution in [3.8, 4) is 0 Å². The number of fused-ring (bicyclic) bond motifs is 1. The highest BCUT2D eigenvalue weighted by Gasteiger charge is 2.36. The fourth-order valence-electron chi connectivity index (χ4n) is 1.07. The van der Waals surface area contributed by atoms with E-state index in [-0.39, 0.29) is 11.4 Å². The van der Waals surface area contributed by atoms with E-state index in [9.17, 15) is 19.2 Å². The zero-order valence-electron chi connectivity index (χ0n) is 6.46. The van der Waals surface area contributed by atoms with Crippen LogP contribution in [0.2, 0.25) is 0 Å². The van der Waals surface area contributed by atoms with Crippen LogP contribution in [0.3, 0.4) is 0 Å². The van der Waals surface area contributed by atoms with Gasteiger partial charge in [0.15, 0.2) is 0 Å². The quantitative estimate of drug-likeness (QED) is 0.278. The number of halogens is 1. The Morgan fingerprint density at radius 2 is 1.21 bits per heavy atom. The Kier molecular flexibility index (Phi) is 1.80. The van der Waals surface area contributed by atoms with Crippen LogP contribution in [-0.4, -0.2) is 24.9 Å². The van der Waals surface area contributed by atoms with Gasteiger partial charge in [0.2, 0.25) is 0 Å². The molecule has 1 aromatic rings. The number of nitrogens with one attached hydrogen (secondary N) is 2. The summed E-state index contributed by atoms with van der Waals surface area (Å²) in [5.41, 5.74) is -2.24. The minimum absolute atomic E-state index is 0.172. The summed E-state index contributed by atoms with van der Waals surface area (Å²) in [6.45, 7) is 0. The van der Waals surface area contributed by atoms with Crippen LogP contribution in [0.4, 0.5) is 0 Å². The molecule has 7 nitrogen and oxygen atoms in total. The summed E-state index contributed by atoms with van der Waals surface area (Å²) in [5.74, 6) is -1.28. The largest absolute Gasteiger partial charge is 0.314 e. The van der Waals surface area contributed by atoms with Crippen LogP contribution in [0.1, 0.15) is 21.0 Å². The molecule has 0 unspecified atom stereocenters. The average molecular weight is 307 g/mol. The maximum absolute atomic E-state index is 11.3. The lowest BCUT2D eigenvalue weighted by molar-refractivity contribution is 0.0793. The van der Waals surface area contributed by atoms with E-state index in [4.69, 9.17) is 0 Å². The van der Waals surface area contributed by atoms with Crippen molar-refractivity contribution in [1.29, 1.82) is 0 Å². The molecule has 0 bridgehead atoms. The highest BCUT2D eigenvalue weighted by Crippen LogP contribution is 2.19. The predicted molar refractivity (Wildman–Crippen MR) is 52.2 cm³/mol. The number of hydrogen-bond acceptors (Lipinski definition) is 4. The number of hydrogen-bond donors (Lipinski definition) is 2. The minimum Gasteiger partial charge on any atom is -0.311 e. The van der Waals surface area contributed by atoms with E-state index in [1.165, 1.54) is 22.9 Å². The van der Waals surface area contributed by atoms with Crippen molar-refractivity contribution in [3.05, 3.63) is 32.1 Å². The van der Waals surface area contributed by atoms with Crippen LogP contribution >= 0.6 is 22.9 Å². The molecule has 1 aliphatic heterocycles. The number of imide groups is 1. The number of aromatic nitrogens is 2. The van der Waals surface area contributed by atoms with Crippen molar-refractivity contribution in [2.45, 2.75) is 0 Å². The highest BCUT2D eigenvalue weighted by molar-refractivity contribution is 14.1. The standard InChI is InChI=1S/C6H2IN3O4/c7-10-5(13)1-2(6(10)14)9-4(12)3(11)8-1/h(H,8,11)(H,9,12). The molecule has 0 saturated carbocycles. The van der Waals surface area contributed by atoms with Crippen molar-refractivity contribution in [3.63, 3.8) is 0 Å². The van der Waals surface area contributed by atoms with Gasteiger partial charge in [-0.3, -0.25) is 19.2 Å².